The molecule has 17 heavy (non-hydrogen) atoms. The zero-order valence-electron chi connectivity index (χ0n) is 9.37. The van der Waals surface area contributed by atoms with Crippen LogP contribution in [0.1, 0.15) is 17.4 Å². The molecule has 0 aromatic carbocycles. The van der Waals surface area contributed by atoms with Crippen LogP contribution in [-0.2, 0) is 0 Å². The van der Waals surface area contributed by atoms with Crippen LogP contribution in [0.3, 0.4) is 0 Å². The van der Waals surface area contributed by atoms with Crippen molar-refractivity contribution in [1.82, 2.24) is 19.3 Å². The average molecular weight is 232 g/mol. The van der Waals surface area contributed by atoms with Gasteiger partial charge in [-0.15, -0.1) is 0 Å². The van der Waals surface area contributed by atoms with Gasteiger partial charge in [-0.05, 0) is 6.92 Å². The van der Waals surface area contributed by atoms with Gasteiger partial charge < -0.3 is 14.4 Å². The number of hydrogen-bond donors (Lipinski definition) is 1. The highest BCUT2D eigenvalue weighted by Gasteiger charge is 2.34. The van der Waals surface area contributed by atoms with Gasteiger partial charge in [0.05, 0.1) is 23.3 Å². The Balaban J connectivity index is 1.93. The van der Waals surface area contributed by atoms with Crippen LogP contribution in [0.15, 0.2) is 18.6 Å². The van der Waals surface area contributed by atoms with Crippen LogP contribution in [0.5, 0.6) is 0 Å². The van der Waals surface area contributed by atoms with Crippen molar-refractivity contribution in [2.24, 2.45) is 0 Å². The molecule has 0 spiro atoms. The molecule has 1 saturated heterocycles. The lowest BCUT2D eigenvalue weighted by atomic mass is 10.0. The summed E-state index contributed by atoms with van der Waals surface area (Å²) in [4.78, 5) is 20.7. The molecule has 0 unspecified atom stereocenters. The van der Waals surface area contributed by atoms with E-state index in [1.54, 1.807) is 12.4 Å². The molecule has 2 aromatic heterocycles. The third-order valence-corrected chi connectivity index (χ3v) is 3.20. The van der Waals surface area contributed by atoms with E-state index in [4.69, 9.17) is 5.11 Å². The zero-order valence-corrected chi connectivity index (χ0v) is 9.37. The summed E-state index contributed by atoms with van der Waals surface area (Å²) in [5.41, 5.74) is 1.91. The molecular formula is C11H12N4O2. The highest BCUT2D eigenvalue weighted by atomic mass is 16.4. The number of nitrogens with zero attached hydrogens (tertiary/aromatic N) is 4. The maximum Gasteiger partial charge on any atom is 0.407 e. The van der Waals surface area contributed by atoms with Gasteiger partial charge in [0.1, 0.15) is 5.82 Å². The van der Waals surface area contributed by atoms with E-state index in [0.717, 1.165) is 17.0 Å². The van der Waals surface area contributed by atoms with Gasteiger partial charge in [0.2, 0.25) is 0 Å². The van der Waals surface area contributed by atoms with Gasteiger partial charge in [0, 0.05) is 25.5 Å². The van der Waals surface area contributed by atoms with Crippen molar-refractivity contribution in [1.29, 1.82) is 0 Å². The number of rotatable bonds is 1. The van der Waals surface area contributed by atoms with Gasteiger partial charge in [-0.2, -0.15) is 0 Å². The van der Waals surface area contributed by atoms with Crippen LogP contribution in [0.25, 0.3) is 5.52 Å². The minimum Gasteiger partial charge on any atom is -0.465 e. The second-order valence-corrected chi connectivity index (χ2v) is 4.27. The van der Waals surface area contributed by atoms with E-state index in [1.807, 2.05) is 17.5 Å². The fraction of sp³-hybridized carbons (Fsp3) is 0.364. The molecule has 0 bridgehead atoms. The van der Waals surface area contributed by atoms with Crippen LogP contribution in [-0.4, -0.2) is 43.6 Å². The molecule has 1 amide bonds. The van der Waals surface area contributed by atoms with E-state index in [2.05, 4.69) is 9.97 Å². The minimum absolute atomic E-state index is 0.190. The molecule has 1 N–H and O–H groups in total. The Hall–Kier alpha value is -2.11. The average Bonchev–Trinajstić information content (AvgIpc) is 2.61. The van der Waals surface area contributed by atoms with Crippen LogP contribution >= 0.6 is 0 Å². The first-order valence-corrected chi connectivity index (χ1v) is 5.43. The predicted octanol–water partition coefficient (Wildman–Crippen LogP) is 1.11. The Morgan fingerprint density at radius 2 is 2.24 bits per heavy atom. The van der Waals surface area contributed by atoms with Crippen molar-refractivity contribution < 1.29 is 9.90 Å². The maximum absolute atomic E-state index is 10.7. The first-order chi connectivity index (χ1) is 8.16. The molecule has 0 saturated carbocycles. The second-order valence-electron chi connectivity index (χ2n) is 4.27. The highest BCUT2D eigenvalue weighted by Crippen LogP contribution is 2.26. The number of hydrogen-bond acceptors (Lipinski definition) is 3. The Morgan fingerprint density at radius 1 is 1.47 bits per heavy atom. The van der Waals surface area contributed by atoms with Gasteiger partial charge in [-0.25, -0.2) is 9.78 Å². The highest BCUT2D eigenvalue weighted by molar-refractivity contribution is 5.66. The molecule has 1 fully saturated rings. The fourth-order valence-corrected chi connectivity index (χ4v) is 2.18. The number of carboxylic acid groups (broad SMARTS) is 1. The zero-order chi connectivity index (χ0) is 12.0. The SMILES string of the molecule is Cc1nccn2c(C3CN(C(=O)O)C3)ncc12. The first-order valence-electron chi connectivity index (χ1n) is 5.43. The van der Waals surface area contributed by atoms with Gasteiger partial charge in [0.25, 0.3) is 0 Å². The molecule has 0 atom stereocenters. The van der Waals surface area contributed by atoms with Crippen molar-refractivity contribution in [3.63, 3.8) is 0 Å². The van der Waals surface area contributed by atoms with Crippen molar-refractivity contribution in [3.8, 4) is 0 Å². The summed E-state index contributed by atoms with van der Waals surface area (Å²) in [6, 6.07) is 0. The van der Waals surface area contributed by atoms with Crippen LogP contribution in [0, 0.1) is 6.92 Å². The van der Waals surface area contributed by atoms with Crippen LogP contribution in [0.4, 0.5) is 4.79 Å². The van der Waals surface area contributed by atoms with Gasteiger partial charge in [-0.1, -0.05) is 0 Å². The molecule has 3 heterocycles. The van der Waals surface area contributed by atoms with Gasteiger partial charge in [0.15, 0.2) is 0 Å². The largest absolute Gasteiger partial charge is 0.465 e. The van der Waals surface area contributed by atoms with Gasteiger partial charge in [-0.3, -0.25) is 4.98 Å². The molecule has 88 valence electrons. The summed E-state index contributed by atoms with van der Waals surface area (Å²) >= 11 is 0. The molecule has 6 nitrogen and oxygen atoms in total. The number of likely N-dealkylation sites (tertiary alicyclic amines) is 1. The quantitative estimate of drug-likeness (QED) is 0.799. The topological polar surface area (TPSA) is 70.7 Å². The van der Waals surface area contributed by atoms with Crippen LogP contribution in [0.2, 0.25) is 0 Å². The maximum atomic E-state index is 10.7. The van der Waals surface area contributed by atoms with Gasteiger partial charge >= 0.3 is 6.09 Å². The monoisotopic (exact) mass is 232 g/mol. The Labute approximate surface area is 97.5 Å². The standard InChI is InChI=1S/C11H12N4O2/c1-7-9-4-13-10(15(9)3-2-12-7)8-5-14(6-8)11(16)17/h2-4,8H,5-6H2,1H3,(H,16,17). The van der Waals surface area contributed by atoms with Crippen LogP contribution < -0.4 is 0 Å². The number of aryl methyl sites for hydroxylation is 1. The Morgan fingerprint density at radius 3 is 2.94 bits per heavy atom. The third-order valence-electron chi connectivity index (χ3n) is 3.20. The number of aromatic nitrogens is 3. The summed E-state index contributed by atoms with van der Waals surface area (Å²) in [7, 11) is 0. The van der Waals surface area contributed by atoms with Crippen molar-refractivity contribution in [2.45, 2.75) is 12.8 Å². The van der Waals surface area contributed by atoms with E-state index in [0.29, 0.717) is 13.1 Å². The summed E-state index contributed by atoms with van der Waals surface area (Å²) in [6.07, 6.45) is 4.54. The molecule has 0 radical (unpaired) electrons. The number of carbonyl (C=O) groups is 1. The predicted molar refractivity (Wildman–Crippen MR) is 60.1 cm³/mol. The van der Waals surface area contributed by atoms with E-state index >= 15 is 0 Å². The summed E-state index contributed by atoms with van der Waals surface area (Å²) in [5, 5.41) is 8.79. The minimum atomic E-state index is -0.861. The number of amides is 1. The molecule has 0 aliphatic carbocycles. The Kier molecular flexibility index (Phi) is 2.04. The summed E-state index contributed by atoms with van der Waals surface area (Å²) in [5.74, 6) is 1.11. The van der Waals surface area contributed by atoms with E-state index < -0.39 is 6.09 Å². The number of fused-ring (bicyclic) bond motifs is 1. The lowest BCUT2D eigenvalue weighted by Gasteiger charge is -2.36. The van der Waals surface area contributed by atoms with Crippen molar-refractivity contribution >= 4 is 11.6 Å². The van der Waals surface area contributed by atoms with E-state index in [9.17, 15) is 4.79 Å². The molecular weight excluding hydrogens is 220 g/mol. The summed E-state index contributed by atoms with van der Waals surface area (Å²) in [6.45, 7) is 2.98. The summed E-state index contributed by atoms with van der Waals surface area (Å²) < 4.78 is 1.99. The third kappa shape index (κ3) is 1.44. The Bertz CT molecular complexity index is 586. The normalized spacial score (nSPS) is 16.2. The van der Waals surface area contributed by atoms with E-state index in [1.165, 1.54) is 4.90 Å². The molecule has 2 aromatic rings. The fourth-order valence-electron chi connectivity index (χ4n) is 2.18. The molecule has 3 rings (SSSR count). The molecule has 6 heteroatoms. The lowest BCUT2D eigenvalue weighted by Crippen LogP contribution is -2.48. The van der Waals surface area contributed by atoms with Crippen molar-refractivity contribution in [2.75, 3.05) is 13.1 Å². The van der Waals surface area contributed by atoms with Crippen molar-refractivity contribution in [3.05, 3.63) is 30.1 Å². The van der Waals surface area contributed by atoms with E-state index in [-0.39, 0.29) is 5.92 Å². The second kappa shape index (κ2) is 3.44. The number of imidazole rings is 1. The lowest BCUT2D eigenvalue weighted by molar-refractivity contribution is 0.103. The molecule has 1 aliphatic rings. The first kappa shape index (κ1) is 10.1. The smallest absolute Gasteiger partial charge is 0.407 e. The molecule has 1 aliphatic heterocycles.